The first-order chi connectivity index (χ1) is 8.60. The van der Waals surface area contributed by atoms with E-state index < -0.39 is 0 Å². The highest BCUT2D eigenvalue weighted by Crippen LogP contribution is 2.27. The van der Waals surface area contributed by atoms with E-state index >= 15 is 0 Å². The van der Waals surface area contributed by atoms with E-state index in [1.165, 1.54) is 0 Å². The van der Waals surface area contributed by atoms with E-state index in [9.17, 15) is 0 Å². The second-order valence-electron chi connectivity index (χ2n) is 3.73. The molecule has 0 bridgehead atoms. The van der Waals surface area contributed by atoms with Crippen LogP contribution in [0.1, 0.15) is 5.69 Å². The van der Waals surface area contributed by atoms with Gasteiger partial charge < -0.3 is 5.73 Å². The zero-order valence-corrected chi connectivity index (χ0v) is 10.8. The predicted molar refractivity (Wildman–Crippen MR) is 73.4 cm³/mol. The van der Waals surface area contributed by atoms with Crippen molar-refractivity contribution in [3.8, 4) is 17.3 Å². The summed E-state index contributed by atoms with van der Waals surface area (Å²) in [4.78, 5) is 4.35. The van der Waals surface area contributed by atoms with Crippen molar-refractivity contribution in [1.29, 1.82) is 5.26 Å². The number of pyridine rings is 1. The fourth-order valence-corrected chi connectivity index (χ4v) is 2.12. The standard InChI is InChI=1S/C13H9Cl2N3/c14-9-5-8(6-10(15)7-9)12-2-1-11(17)13(18-12)3-4-16/h1-2,5-7H,3,17H2. The maximum Gasteiger partial charge on any atom is 0.0795 e. The van der Waals surface area contributed by atoms with E-state index in [0.717, 1.165) is 5.56 Å². The van der Waals surface area contributed by atoms with E-state index in [-0.39, 0.29) is 6.42 Å². The first-order valence-electron chi connectivity index (χ1n) is 5.19. The number of hydrogen-bond acceptors (Lipinski definition) is 3. The van der Waals surface area contributed by atoms with Gasteiger partial charge in [-0.1, -0.05) is 23.2 Å². The van der Waals surface area contributed by atoms with Gasteiger partial charge >= 0.3 is 0 Å². The van der Waals surface area contributed by atoms with E-state index in [4.69, 9.17) is 34.2 Å². The molecule has 18 heavy (non-hydrogen) atoms. The number of nitrogens with two attached hydrogens (primary N) is 1. The van der Waals surface area contributed by atoms with Gasteiger partial charge in [-0.05, 0) is 30.3 Å². The van der Waals surface area contributed by atoms with Crippen LogP contribution in [0, 0.1) is 11.3 Å². The Bertz CT molecular complexity index is 612. The second kappa shape index (κ2) is 5.26. The zero-order valence-electron chi connectivity index (χ0n) is 9.32. The molecule has 0 amide bonds. The van der Waals surface area contributed by atoms with Crippen LogP contribution in [-0.2, 0) is 6.42 Å². The molecule has 1 aromatic carbocycles. The van der Waals surface area contributed by atoms with Crippen molar-refractivity contribution in [3.63, 3.8) is 0 Å². The summed E-state index contributed by atoms with van der Waals surface area (Å²) in [7, 11) is 0. The molecule has 0 radical (unpaired) electrons. The number of nitrogens with zero attached hydrogens (tertiary/aromatic N) is 2. The minimum Gasteiger partial charge on any atom is -0.397 e. The molecule has 3 nitrogen and oxygen atoms in total. The summed E-state index contributed by atoms with van der Waals surface area (Å²) < 4.78 is 0. The highest BCUT2D eigenvalue weighted by Gasteiger charge is 2.06. The number of aromatic nitrogens is 1. The van der Waals surface area contributed by atoms with E-state index in [1.807, 2.05) is 6.07 Å². The van der Waals surface area contributed by atoms with Crippen LogP contribution in [0.15, 0.2) is 30.3 Å². The Morgan fingerprint density at radius 2 is 1.83 bits per heavy atom. The van der Waals surface area contributed by atoms with Crippen molar-refractivity contribution in [2.45, 2.75) is 6.42 Å². The van der Waals surface area contributed by atoms with Gasteiger partial charge in [-0.3, -0.25) is 0 Å². The lowest BCUT2D eigenvalue weighted by Crippen LogP contribution is -1.98. The van der Waals surface area contributed by atoms with Crippen molar-refractivity contribution in [2.75, 3.05) is 5.73 Å². The van der Waals surface area contributed by atoms with Crippen molar-refractivity contribution >= 4 is 28.9 Å². The van der Waals surface area contributed by atoms with Gasteiger partial charge in [0.05, 0.1) is 29.6 Å². The summed E-state index contributed by atoms with van der Waals surface area (Å²) in [6.45, 7) is 0. The Balaban J connectivity index is 2.51. The van der Waals surface area contributed by atoms with E-state index in [2.05, 4.69) is 4.98 Å². The molecule has 0 saturated heterocycles. The first kappa shape index (κ1) is 12.7. The number of nitriles is 1. The Morgan fingerprint density at radius 1 is 1.17 bits per heavy atom. The molecule has 0 fully saturated rings. The van der Waals surface area contributed by atoms with Gasteiger partial charge in [0.25, 0.3) is 0 Å². The quantitative estimate of drug-likeness (QED) is 0.910. The summed E-state index contributed by atoms with van der Waals surface area (Å²) in [6, 6.07) is 10.7. The minimum atomic E-state index is 0.175. The molecule has 0 aliphatic heterocycles. The van der Waals surface area contributed by atoms with Gasteiger partial charge in [-0.2, -0.15) is 5.26 Å². The predicted octanol–water partition coefficient (Wildman–Crippen LogP) is 3.70. The zero-order chi connectivity index (χ0) is 13.1. The Labute approximate surface area is 115 Å². The summed E-state index contributed by atoms with van der Waals surface area (Å²) in [5.74, 6) is 0. The molecule has 0 aliphatic carbocycles. The average molecular weight is 278 g/mol. The van der Waals surface area contributed by atoms with Crippen molar-refractivity contribution in [3.05, 3.63) is 46.1 Å². The number of halogens is 2. The minimum absolute atomic E-state index is 0.175. The van der Waals surface area contributed by atoms with Crippen LogP contribution in [0.25, 0.3) is 11.3 Å². The topological polar surface area (TPSA) is 62.7 Å². The molecule has 5 heteroatoms. The molecule has 0 atom stereocenters. The summed E-state index contributed by atoms with van der Waals surface area (Å²) >= 11 is 11.9. The Hall–Kier alpha value is -1.76. The number of rotatable bonds is 2. The largest absolute Gasteiger partial charge is 0.397 e. The third-order valence-corrected chi connectivity index (χ3v) is 2.85. The van der Waals surface area contributed by atoms with Crippen LogP contribution in [0.5, 0.6) is 0 Å². The molecule has 2 aromatic rings. The van der Waals surface area contributed by atoms with E-state index in [1.54, 1.807) is 30.3 Å². The highest BCUT2D eigenvalue weighted by molar-refractivity contribution is 6.35. The molecule has 1 heterocycles. The van der Waals surface area contributed by atoms with Gasteiger partial charge in [0.1, 0.15) is 0 Å². The lowest BCUT2D eigenvalue weighted by molar-refractivity contribution is 1.12. The average Bonchev–Trinajstić information content (AvgIpc) is 2.31. The van der Waals surface area contributed by atoms with Crippen LogP contribution in [0.2, 0.25) is 10.0 Å². The Morgan fingerprint density at radius 3 is 2.44 bits per heavy atom. The smallest absolute Gasteiger partial charge is 0.0795 e. The first-order valence-corrected chi connectivity index (χ1v) is 5.94. The van der Waals surface area contributed by atoms with Crippen molar-refractivity contribution in [1.82, 2.24) is 4.98 Å². The SMILES string of the molecule is N#CCc1nc(-c2cc(Cl)cc(Cl)c2)ccc1N. The number of benzene rings is 1. The maximum absolute atomic E-state index is 8.71. The van der Waals surface area contributed by atoms with Crippen molar-refractivity contribution < 1.29 is 0 Å². The van der Waals surface area contributed by atoms with Gasteiger partial charge in [0.15, 0.2) is 0 Å². The highest BCUT2D eigenvalue weighted by atomic mass is 35.5. The Kier molecular flexibility index (Phi) is 3.71. The van der Waals surface area contributed by atoms with Crippen LogP contribution in [0.3, 0.4) is 0 Å². The van der Waals surface area contributed by atoms with Gasteiger partial charge in [-0.15, -0.1) is 0 Å². The molecule has 90 valence electrons. The molecule has 0 unspecified atom stereocenters. The number of hydrogen-bond donors (Lipinski definition) is 1. The molecular weight excluding hydrogens is 269 g/mol. The summed E-state index contributed by atoms with van der Waals surface area (Å²) in [5.41, 5.74) is 8.31. The summed E-state index contributed by atoms with van der Waals surface area (Å²) in [5, 5.41) is 9.79. The molecular formula is C13H9Cl2N3. The molecule has 0 aliphatic rings. The second-order valence-corrected chi connectivity index (χ2v) is 4.60. The third kappa shape index (κ3) is 2.73. The number of nitrogen functional groups attached to an aromatic ring is 1. The third-order valence-electron chi connectivity index (χ3n) is 2.41. The molecule has 2 rings (SSSR count). The van der Waals surface area contributed by atoms with Gasteiger partial charge in [-0.25, -0.2) is 4.98 Å². The molecule has 0 spiro atoms. The molecule has 1 aromatic heterocycles. The summed E-state index contributed by atoms with van der Waals surface area (Å²) in [6.07, 6.45) is 0.175. The van der Waals surface area contributed by atoms with Crippen LogP contribution in [0.4, 0.5) is 5.69 Å². The lowest BCUT2D eigenvalue weighted by Gasteiger charge is -2.06. The fourth-order valence-electron chi connectivity index (χ4n) is 1.59. The molecule has 2 N–H and O–H groups in total. The maximum atomic E-state index is 8.71. The normalized spacial score (nSPS) is 10.1. The van der Waals surface area contributed by atoms with Gasteiger partial charge in [0, 0.05) is 15.6 Å². The van der Waals surface area contributed by atoms with E-state index in [0.29, 0.717) is 27.1 Å². The monoisotopic (exact) mass is 277 g/mol. The molecule has 0 saturated carbocycles. The number of anilines is 1. The van der Waals surface area contributed by atoms with Crippen LogP contribution >= 0.6 is 23.2 Å². The van der Waals surface area contributed by atoms with Crippen molar-refractivity contribution in [2.24, 2.45) is 0 Å². The van der Waals surface area contributed by atoms with Gasteiger partial charge in [0.2, 0.25) is 0 Å². The van der Waals surface area contributed by atoms with Crippen LogP contribution in [-0.4, -0.2) is 4.98 Å². The fraction of sp³-hybridized carbons (Fsp3) is 0.0769. The van der Waals surface area contributed by atoms with Crippen LogP contribution < -0.4 is 5.73 Å². The lowest BCUT2D eigenvalue weighted by atomic mass is 10.1.